The van der Waals surface area contributed by atoms with Crippen LogP contribution in [0.25, 0.3) is 0 Å². The zero-order valence-corrected chi connectivity index (χ0v) is 30.0. The SMILES string of the molecule is CCN(CC)C(=S)[S-].CCN(CC)C(=S)[S-].CCN(CC)C(=S)[S-].CCN(CC)C(=S)[S-].[Te+4]. The first-order chi connectivity index (χ1) is 14.9. The molecule has 0 aromatic rings. The summed E-state index contributed by atoms with van der Waals surface area (Å²) in [7, 11) is 0. The number of rotatable bonds is 8. The Morgan fingerprint density at radius 1 is 0.394 bits per heavy atom. The van der Waals surface area contributed by atoms with Crippen molar-refractivity contribution in [3.63, 3.8) is 0 Å². The predicted molar refractivity (Wildman–Crippen MR) is 177 cm³/mol. The third kappa shape index (κ3) is 29.3. The van der Waals surface area contributed by atoms with E-state index in [1.54, 1.807) is 0 Å². The summed E-state index contributed by atoms with van der Waals surface area (Å²) in [4.78, 5) is 7.85. The van der Waals surface area contributed by atoms with E-state index in [0.29, 0.717) is 17.3 Å². The monoisotopic (exact) mass is 722 g/mol. The van der Waals surface area contributed by atoms with Gasteiger partial charge >= 0.3 is 23.7 Å². The fraction of sp³-hybridized carbons (Fsp3) is 0.800. The number of hydrogen-bond donors (Lipinski definition) is 0. The molecule has 4 nitrogen and oxygen atoms in total. The fourth-order valence-corrected chi connectivity index (χ4v) is 3.99. The van der Waals surface area contributed by atoms with E-state index in [1.807, 2.05) is 75.0 Å². The molecule has 194 valence electrons. The average Bonchev–Trinajstić information content (AvgIpc) is 2.72. The van der Waals surface area contributed by atoms with Crippen LogP contribution in [0, 0.1) is 0 Å². The maximum absolute atomic E-state index is 4.76. The van der Waals surface area contributed by atoms with E-state index in [9.17, 15) is 0 Å². The molecular weight excluding hydrogens is 680 g/mol. The maximum atomic E-state index is 4.76. The molecular formula is C20H40N4S8Te. The van der Waals surface area contributed by atoms with Gasteiger partial charge in [-0.25, -0.2) is 0 Å². The Morgan fingerprint density at radius 3 is 0.485 bits per heavy atom. The summed E-state index contributed by atoms with van der Waals surface area (Å²) in [5.74, 6) is 0. The van der Waals surface area contributed by atoms with Crippen LogP contribution >= 0.6 is 48.9 Å². The van der Waals surface area contributed by atoms with E-state index in [4.69, 9.17) is 99.4 Å². The van der Waals surface area contributed by atoms with Crippen LogP contribution in [0.1, 0.15) is 55.4 Å². The Kier molecular flexibility index (Phi) is 41.9. The van der Waals surface area contributed by atoms with Crippen molar-refractivity contribution in [3.05, 3.63) is 0 Å². The van der Waals surface area contributed by atoms with Crippen molar-refractivity contribution in [1.29, 1.82) is 0 Å². The Bertz CT molecular complexity index is 408. The number of thiocarbonyl (C=S) groups is 4. The molecule has 0 rings (SSSR count). The molecule has 0 spiro atoms. The van der Waals surface area contributed by atoms with Gasteiger partial charge in [-0.1, -0.05) is 17.3 Å². The van der Waals surface area contributed by atoms with Gasteiger partial charge in [-0.05, 0) is 55.4 Å². The van der Waals surface area contributed by atoms with Gasteiger partial charge in [-0.2, -0.15) is 0 Å². The Balaban J connectivity index is -0.000000105. The molecule has 0 unspecified atom stereocenters. The second-order valence-corrected chi connectivity index (χ2v) is 9.88. The first-order valence-corrected chi connectivity index (χ1v) is 14.0. The van der Waals surface area contributed by atoms with E-state index in [2.05, 4.69) is 0 Å². The van der Waals surface area contributed by atoms with Crippen molar-refractivity contribution in [1.82, 2.24) is 19.6 Å². The molecule has 0 aliphatic heterocycles. The van der Waals surface area contributed by atoms with Gasteiger partial charge in [0, 0.05) is 52.4 Å². The summed E-state index contributed by atoms with van der Waals surface area (Å²) >= 11 is 38.0. The van der Waals surface area contributed by atoms with Crippen molar-refractivity contribution in [2.24, 2.45) is 0 Å². The zero-order chi connectivity index (χ0) is 26.3. The third-order valence-corrected chi connectivity index (χ3v) is 6.15. The minimum absolute atomic E-state index is 0. The molecule has 0 aromatic carbocycles. The minimum atomic E-state index is 0. The summed E-state index contributed by atoms with van der Waals surface area (Å²) in [6.07, 6.45) is 0. The second kappa shape index (κ2) is 31.3. The smallest absolute Gasteiger partial charge is 0.411 e. The largest absolute Gasteiger partial charge is 4.00 e. The van der Waals surface area contributed by atoms with E-state index in [0.717, 1.165) is 52.4 Å². The zero-order valence-electron chi connectivity index (χ0n) is 21.1. The molecule has 0 bridgehead atoms. The molecule has 2 radical (unpaired) electrons. The van der Waals surface area contributed by atoms with Gasteiger partial charge in [-0.15, -0.1) is 0 Å². The summed E-state index contributed by atoms with van der Waals surface area (Å²) in [5.41, 5.74) is 0. The van der Waals surface area contributed by atoms with Crippen LogP contribution in [0.4, 0.5) is 0 Å². The minimum Gasteiger partial charge on any atom is -0.411 e. The molecule has 0 fully saturated rings. The first-order valence-electron chi connectivity index (χ1n) is 10.7. The van der Waals surface area contributed by atoms with Crippen molar-refractivity contribution >= 4 is 140 Å². The number of nitrogens with zero attached hydrogens (tertiary/aromatic N) is 4. The molecule has 0 aliphatic rings. The summed E-state index contributed by atoms with van der Waals surface area (Å²) in [5, 5.41) is 0. The molecule has 0 aliphatic carbocycles. The summed E-state index contributed by atoms with van der Waals surface area (Å²) < 4.78 is 2.31. The van der Waals surface area contributed by atoms with E-state index < -0.39 is 0 Å². The normalized spacial score (nSPS) is 8.48. The summed E-state index contributed by atoms with van der Waals surface area (Å²) in [6.45, 7) is 23.8. The molecule has 13 heteroatoms. The van der Waals surface area contributed by atoms with Gasteiger partial charge < -0.3 is 119 Å². The van der Waals surface area contributed by atoms with Gasteiger partial charge in [0.1, 0.15) is 0 Å². The van der Waals surface area contributed by atoms with Crippen LogP contribution in [0.5, 0.6) is 0 Å². The van der Waals surface area contributed by atoms with Gasteiger partial charge in [-0.3, -0.25) is 0 Å². The number of hydrogen-bond acceptors (Lipinski definition) is 8. The average molecular weight is 721 g/mol. The maximum Gasteiger partial charge on any atom is 4.00 e. The molecule has 0 amide bonds. The van der Waals surface area contributed by atoms with E-state index in [-0.39, 0.29) is 23.7 Å². The Labute approximate surface area is 265 Å². The summed E-state index contributed by atoms with van der Waals surface area (Å²) in [6, 6.07) is 0. The van der Waals surface area contributed by atoms with Crippen LogP contribution in [-0.2, 0) is 50.5 Å². The van der Waals surface area contributed by atoms with Gasteiger partial charge in [0.05, 0.1) is 0 Å². The Morgan fingerprint density at radius 2 is 0.485 bits per heavy atom. The van der Waals surface area contributed by atoms with Crippen LogP contribution in [0.15, 0.2) is 0 Å². The predicted octanol–water partition coefficient (Wildman–Crippen LogP) is 4.26. The van der Waals surface area contributed by atoms with Gasteiger partial charge in [0.2, 0.25) is 0 Å². The van der Waals surface area contributed by atoms with Crippen molar-refractivity contribution in [2.75, 3.05) is 52.4 Å². The first kappa shape index (κ1) is 44.2. The molecule has 0 heterocycles. The quantitative estimate of drug-likeness (QED) is 0.202. The van der Waals surface area contributed by atoms with Crippen LogP contribution in [0.2, 0.25) is 0 Å². The molecule has 0 atom stereocenters. The topological polar surface area (TPSA) is 13.0 Å². The molecule has 0 N–H and O–H groups in total. The molecule has 0 saturated carbocycles. The van der Waals surface area contributed by atoms with E-state index >= 15 is 0 Å². The Hall–Kier alpha value is 1.23. The fourth-order valence-electron chi connectivity index (χ4n) is 1.93. The third-order valence-electron chi connectivity index (χ3n) is 4.09. The molecule has 33 heavy (non-hydrogen) atoms. The molecule has 0 aromatic heterocycles. The van der Waals surface area contributed by atoms with Crippen LogP contribution in [-0.4, -0.2) is 113 Å². The van der Waals surface area contributed by atoms with Crippen LogP contribution in [0.3, 0.4) is 0 Å². The van der Waals surface area contributed by atoms with Crippen molar-refractivity contribution in [3.8, 4) is 0 Å². The van der Waals surface area contributed by atoms with Gasteiger partial charge in [0.25, 0.3) is 0 Å². The molecule has 0 saturated heterocycles. The van der Waals surface area contributed by atoms with Gasteiger partial charge in [0.15, 0.2) is 0 Å². The van der Waals surface area contributed by atoms with Crippen LogP contribution < -0.4 is 0 Å². The van der Waals surface area contributed by atoms with E-state index in [1.165, 1.54) is 0 Å². The second-order valence-electron chi connectivity index (χ2n) is 5.75. The van der Waals surface area contributed by atoms with Crippen molar-refractivity contribution in [2.45, 2.75) is 55.4 Å². The standard InChI is InChI=1S/4C5H11NS2.Te/c4*1-3-6(4-2)5(7)8;/h4*3-4H2,1-2H3,(H,7,8);/q;;;;+4/p-4. The van der Waals surface area contributed by atoms with Crippen molar-refractivity contribution < 1.29 is 0 Å².